The summed E-state index contributed by atoms with van der Waals surface area (Å²) in [6, 6.07) is 7.92. The highest BCUT2D eigenvalue weighted by atomic mass is 32.2. The molecule has 1 aromatic rings. The highest BCUT2D eigenvalue weighted by Gasteiger charge is 2.21. The number of thioether (sulfide) groups is 1. The highest BCUT2D eigenvalue weighted by Crippen LogP contribution is 2.28. The first-order chi connectivity index (χ1) is 12.7. The number of nitrogens with one attached hydrogen (secondary N) is 2. The van der Waals surface area contributed by atoms with Crippen molar-refractivity contribution in [2.45, 2.75) is 56.6 Å². The zero-order valence-electron chi connectivity index (χ0n) is 15.3. The highest BCUT2D eigenvalue weighted by molar-refractivity contribution is 7.99. The summed E-state index contributed by atoms with van der Waals surface area (Å²) >= 11 is 7.53. The van der Waals surface area contributed by atoms with Gasteiger partial charge in [0.2, 0.25) is 5.91 Å². The zero-order chi connectivity index (χ0) is 18.2. The van der Waals surface area contributed by atoms with Gasteiger partial charge >= 0.3 is 0 Å². The topological polar surface area (TPSA) is 44.4 Å². The van der Waals surface area contributed by atoms with Crippen molar-refractivity contribution >= 4 is 46.4 Å². The van der Waals surface area contributed by atoms with E-state index in [1.165, 1.54) is 37.9 Å². The van der Waals surface area contributed by atoms with Crippen molar-refractivity contribution in [2.24, 2.45) is 0 Å². The van der Waals surface area contributed by atoms with E-state index >= 15 is 0 Å². The molecular formula is C20H29N3OS2. The summed E-state index contributed by atoms with van der Waals surface area (Å²) in [5.41, 5.74) is 1.88. The molecule has 1 aliphatic heterocycles. The van der Waals surface area contributed by atoms with Crippen LogP contribution in [0.1, 0.15) is 51.4 Å². The van der Waals surface area contributed by atoms with E-state index in [1.807, 2.05) is 29.2 Å². The first-order valence-electron chi connectivity index (χ1n) is 9.79. The minimum absolute atomic E-state index is 0.207. The average molecular weight is 392 g/mol. The van der Waals surface area contributed by atoms with Crippen LogP contribution in [-0.4, -0.2) is 35.1 Å². The van der Waals surface area contributed by atoms with Gasteiger partial charge in [0.25, 0.3) is 0 Å². The Bertz CT molecular complexity index is 617. The first kappa shape index (κ1) is 19.5. The first-order valence-corrected chi connectivity index (χ1v) is 11.2. The number of carbonyl (C=O) groups excluding carboxylic acids is 1. The van der Waals surface area contributed by atoms with Gasteiger partial charge < -0.3 is 15.5 Å². The molecule has 0 radical (unpaired) electrons. The molecule has 4 nitrogen and oxygen atoms in total. The predicted octanol–water partition coefficient (Wildman–Crippen LogP) is 4.56. The van der Waals surface area contributed by atoms with E-state index in [0.717, 1.165) is 42.6 Å². The largest absolute Gasteiger partial charge is 0.362 e. The molecule has 26 heavy (non-hydrogen) atoms. The second-order valence-electron chi connectivity index (χ2n) is 7.06. The zero-order valence-corrected chi connectivity index (χ0v) is 17.0. The van der Waals surface area contributed by atoms with Gasteiger partial charge in [-0.3, -0.25) is 4.79 Å². The number of benzene rings is 1. The monoisotopic (exact) mass is 391 g/mol. The van der Waals surface area contributed by atoms with Gasteiger partial charge in [0, 0.05) is 36.1 Å². The van der Waals surface area contributed by atoms with Gasteiger partial charge in [-0.15, -0.1) is 0 Å². The third-order valence-corrected chi connectivity index (χ3v) is 6.72. The van der Waals surface area contributed by atoms with Gasteiger partial charge in [0.05, 0.1) is 0 Å². The van der Waals surface area contributed by atoms with Gasteiger partial charge in [-0.05, 0) is 61.9 Å². The molecule has 3 rings (SSSR count). The summed E-state index contributed by atoms with van der Waals surface area (Å²) < 4.78 is 0. The van der Waals surface area contributed by atoms with Gasteiger partial charge in [-0.25, -0.2) is 0 Å². The molecule has 1 aliphatic carbocycles. The second kappa shape index (κ2) is 10.2. The minimum Gasteiger partial charge on any atom is -0.362 e. The average Bonchev–Trinajstić information content (AvgIpc) is 3.08. The van der Waals surface area contributed by atoms with E-state index in [4.69, 9.17) is 12.2 Å². The lowest BCUT2D eigenvalue weighted by molar-refractivity contribution is -0.117. The molecule has 6 heteroatoms. The van der Waals surface area contributed by atoms with Crippen molar-refractivity contribution in [1.29, 1.82) is 0 Å². The number of hydrogen-bond acceptors (Lipinski definition) is 3. The van der Waals surface area contributed by atoms with E-state index in [-0.39, 0.29) is 5.91 Å². The summed E-state index contributed by atoms with van der Waals surface area (Å²) in [5.74, 6) is 1.41. The lowest BCUT2D eigenvalue weighted by Gasteiger charge is -2.21. The fourth-order valence-corrected chi connectivity index (χ4v) is 5.13. The van der Waals surface area contributed by atoms with E-state index in [2.05, 4.69) is 22.4 Å². The van der Waals surface area contributed by atoms with Crippen LogP contribution in [0.4, 0.5) is 11.4 Å². The van der Waals surface area contributed by atoms with E-state index in [0.29, 0.717) is 11.5 Å². The fourth-order valence-electron chi connectivity index (χ4n) is 3.60. The maximum absolute atomic E-state index is 11.9. The number of carbonyl (C=O) groups is 1. The van der Waals surface area contributed by atoms with Crippen LogP contribution in [0.3, 0.4) is 0 Å². The molecule has 1 amide bonds. The van der Waals surface area contributed by atoms with Crippen molar-refractivity contribution in [3.8, 4) is 0 Å². The Morgan fingerprint density at radius 1 is 1.23 bits per heavy atom. The van der Waals surface area contributed by atoms with Crippen LogP contribution >= 0.6 is 24.0 Å². The van der Waals surface area contributed by atoms with Crippen molar-refractivity contribution in [3.05, 3.63) is 24.3 Å². The number of rotatable bonds is 7. The summed E-state index contributed by atoms with van der Waals surface area (Å²) in [6.45, 7) is 1.71. The molecule has 0 bridgehead atoms. The van der Waals surface area contributed by atoms with Gasteiger partial charge in [-0.1, -0.05) is 25.3 Å². The normalized spacial score (nSPS) is 18.2. The number of nitrogens with zero attached hydrogens (tertiary/aromatic N) is 1. The van der Waals surface area contributed by atoms with Crippen LogP contribution in [0.2, 0.25) is 0 Å². The molecule has 1 aromatic carbocycles. The molecular weight excluding hydrogens is 362 g/mol. The summed E-state index contributed by atoms with van der Waals surface area (Å²) in [5, 5.41) is 8.06. The van der Waals surface area contributed by atoms with Crippen molar-refractivity contribution in [3.63, 3.8) is 0 Å². The fraction of sp³-hybridized carbons (Fsp3) is 0.600. The molecule has 0 unspecified atom stereocenters. The molecule has 142 valence electrons. The van der Waals surface area contributed by atoms with Crippen molar-refractivity contribution < 1.29 is 4.79 Å². The molecule has 2 fully saturated rings. The number of anilines is 2. The van der Waals surface area contributed by atoms with Gasteiger partial charge in [-0.2, -0.15) is 11.8 Å². The molecule has 2 aliphatic rings. The Morgan fingerprint density at radius 3 is 2.85 bits per heavy atom. The third-order valence-electron chi connectivity index (χ3n) is 5.00. The SMILES string of the molecule is O=C1CCCN1c1cccc(NC(=S)NCCCSC2CCCCC2)c1. The minimum atomic E-state index is 0.207. The Labute approximate surface area is 166 Å². The van der Waals surface area contributed by atoms with E-state index in [1.54, 1.807) is 0 Å². The van der Waals surface area contributed by atoms with Crippen LogP contribution in [0.25, 0.3) is 0 Å². The standard InChI is InChI=1S/C20H29N3OS2/c24-19-11-5-13-23(19)17-8-4-7-16(15-17)22-20(25)21-12-6-14-26-18-9-2-1-3-10-18/h4,7-8,15,18H,1-3,5-6,9-14H2,(H2,21,22,25). The Kier molecular flexibility index (Phi) is 7.62. The Morgan fingerprint density at radius 2 is 2.08 bits per heavy atom. The molecule has 0 aromatic heterocycles. The van der Waals surface area contributed by atoms with Crippen molar-refractivity contribution in [1.82, 2.24) is 5.32 Å². The molecule has 1 heterocycles. The molecule has 0 atom stereocenters. The molecule has 1 saturated carbocycles. The van der Waals surface area contributed by atoms with Crippen LogP contribution in [-0.2, 0) is 4.79 Å². The lowest BCUT2D eigenvalue weighted by atomic mass is 10.0. The molecule has 1 saturated heterocycles. The maximum Gasteiger partial charge on any atom is 0.227 e. The van der Waals surface area contributed by atoms with Crippen LogP contribution in [0.5, 0.6) is 0 Å². The Hall–Kier alpha value is -1.27. The van der Waals surface area contributed by atoms with E-state index in [9.17, 15) is 4.79 Å². The Balaban J connectivity index is 1.36. The van der Waals surface area contributed by atoms with Crippen LogP contribution in [0.15, 0.2) is 24.3 Å². The third kappa shape index (κ3) is 5.88. The second-order valence-corrected chi connectivity index (χ2v) is 8.88. The van der Waals surface area contributed by atoms with Crippen LogP contribution < -0.4 is 15.5 Å². The van der Waals surface area contributed by atoms with Gasteiger partial charge in [0.1, 0.15) is 0 Å². The lowest BCUT2D eigenvalue weighted by Crippen LogP contribution is -2.30. The summed E-state index contributed by atoms with van der Waals surface area (Å²) in [4.78, 5) is 13.7. The molecule has 2 N–H and O–H groups in total. The molecule has 0 spiro atoms. The number of amides is 1. The summed E-state index contributed by atoms with van der Waals surface area (Å²) in [7, 11) is 0. The predicted molar refractivity (Wildman–Crippen MR) is 116 cm³/mol. The van der Waals surface area contributed by atoms with Crippen molar-refractivity contribution in [2.75, 3.05) is 29.1 Å². The van der Waals surface area contributed by atoms with E-state index < -0.39 is 0 Å². The van der Waals surface area contributed by atoms with Gasteiger partial charge in [0.15, 0.2) is 5.11 Å². The van der Waals surface area contributed by atoms with Crippen LogP contribution in [0, 0.1) is 0 Å². The smallest absolute Gasteiger partial charge is 0.227 e. The number of thiocarbonyl (C=S) groups is 1. The quantitative estimate of drug-likeness (QED) is 0.527. The number of hydrogen-bond donors (Lipinski definition) is 2. The maximum atomic E-state index is 11.9. The summed E-state index contributed by atoms with van der Waals surface area (Å²) in [6.07, 6.45) is 9.75.